The summed E-state index contributed by atoms with van der Waals surface area (Å²) < 4.78 is 0. The molecule has 0 unspecified atom stereocenters. The predicted molar refractivity (Wildman–Crippen MR) is 89.2 cm³/mol. The average Bonchev–Trinajstić information content (AvgIpc) is 3.21. The van der Waals surface area contributed by atoms with Crippen molar-refractivity contribution in [1.82, 2.24) is 0 Å². The quantitative estimate of drug-likeness (QED) is 0.510. The Kier molecular flexibility index (Phi) is 7.82. The second-order valence-electron chi connectivity index (χ2n) is 4.90. The van der Waals surface area contributed by atoms with E-state index in [0.29, 0.717) is 5.56 Å². The molecule has 1 aliphatic rings. The fourth-order valence-electron chi connectivity index (χ4n) is 1.93. The SMILES string of the molecule is Cc1ccc(/C([O-])=C/C=C2C=CC=C2)c(O)c1.[Fe+2].c1cc[cH-]c1. The largest absolute Gasteiger partial charge is 2.00 e. The van der Waals surface area contributed by atoms with Crippen LogP contribution in [0.3, 0.4) is 0 Å². The van der Waals surface area contributed by atoms with Crippen LogP contribution in [-0.2, 0) is 17.1 Å². The second kappa shape index (κ2) is 9.62. The summed E-state index contributed by atoms with van der Waals surface area (Å²) in [5.41, 5.74) is 2.24. The number of phenolic OH excluding ortho intramolecular Hbond substituents is 1. The van der Waals surface area contributed by atoms with Crippen molar-refractivity contribution >= 4 is 5.76 Å². The second-order valence-corrected chi connectivity index (χ2v) is 4.90. The summed E-state index contributed by atoms with van der Waals surface area (Å²) in [5.74, 6) is -0.161. The van der Waals surface area contributed by atoms with E-state index >= 15 is 0 Å². The van der Waals surface area contributed by atoms with E-state index in [1.54, 1.807) is 18.2 Å². The number of phenols is 1. The van der Waals surface area contributed by atoms with E-state index in [4.69, 9.17) is 0 Å². The molecule has 0 amide bonds. The molecule has 118 valence electrons. The summed E-state index contributed by atoms with van der Waals surface area (Å²) >= 11 is 0. The van der Waals surface area contributed by atoms with Gasteiger partial charge in [-0.15, -0.1) is 0 Å². The third kappa shape index (κ3) is 6.11. The Labute approximate surface area is 147 Å². The summed E-state index contributed by atoms with van der Waals surface area (Å²) in [7, 11) is 0. The van der Waals surface area contributed by atoms with Crippen molar-refractivity contribution in [2.75, 3.05) is 0 Å². The first-order valence-electron chi connectivity index (χ1n) is 7.07. The van der Waals surface area contributed by atoms with Gasteiger partial charge in [0.15, 0.2) is 0 Å². The molecule has 2 aromatic rings. The third-order valence-electron chi connectivity index (χ3n) is 3.09. The van der Waals surface area contributed by atoms with Crippen LogP contribution in [0.2, 0.25) is 0 Å². The van der Waals surface area contributed by atoms with E-state index in [1.807, 2.05) is 67.6 Å². The summed E-state index contributed by atoms with van der Waals surface area (Å²) in [6, 6.07) is 15.0. The van der Waals surface area contributed by atoms with Gasteiger partial charge in [0.2, 0.25) is 0 Å². The number of aryl methyl sites for hydroxylation is 1. The molecule has 2 nitrogen and oxygen atoms in total. The third-order valence-corrected chi connectivity index (χ3v) is 3.09. The van der Waals surface area contributed by atoms with E-state index in [9.17, 15) is 10.2 Å². The molecule has 2 aromatic carbocycles. The zero-order valence-electron chi connectivity index (χ0n) is 12.8. The molecule has 0 saturated heterocycles. The first-order chi connectivity index (χ1) is 10.7. The molecule has 0 bridgehead atoms. The van der Waals surface area contributed by atoms with Gasteiger partial charge < -0.3 is 10.2 Å². The van der Waals surface area contributed by atoms with Crippen LogP contribution in [0.5, 0.6) is 5.75 Å². The van der Waals surface area contributed by atoms with Crippen molar-refractivity contribution < 1.29 is 27.3 Å². The molecule has 3 heteroatoms. The molecule has 0 aromatic heterocycles. The van der Waals surface area contributed by atoms with E-state index in [-0.39, 0.29) is 28.6 Å². The van der Waals surface area contributed by atoms with Gasteiger partial charge >= 0.3 is 17.1 Å². The number of aromatic hydroxyl groups is 1. The molecule has 0 saturated carbocycles. The van der Waals surface area contributed by atoms with Crippen LogP contribution in [0.25, 0.3) is 5.76 Å². The Hall–Kier alpha value is -2.35. The van der Waals surface area contributed by atoms with Gasteiger partial charge in [0.05, 0.1) is 0 Å². The molecule has 0 spiro atoms. The standard InChI is InChI=1S/C15H14O2.C5H5.Fe/c1-11-6-8-13(15(17)10-11)14(16)9-7-12-4-2-3-5-12;1-2-4-5-3-1;/h2-10,16-17H,1H3;1-5H;/q;-1;+2/p-1/b14-9-;;. The number of hydrogen-bond acceptors (Lipinski definition) is 2. The van der Waals surface area contributed by atoms with Crippen LogP contribution >= 0.6 is 0 Å². The maximum atomic E-state index is 11.8. The molecule has 3 rings (SSSR count). The Balaban J connectivity index is 0.000000377. The molecule has 1 aliphatic carbocycles. The summed E-state index contributed by atoms with van der Waals surface area (Å²) in [5, 5.41) is 21.5. The molecule has 0 heterocycles. The van der Waals surface area contributed by atoms with E-state index in [1.165, 1.54) is 6.08 Å². The summed E-state index contributed by atoms with van der Waals surface area (Å²) in [4.78, 5) is 0. The van der Waals surface area contributed by atoms with Crippen molar-refractivity contribution in [1.29, 1.82) is 0 Å². The van der Waals surface area contributed by atoms with Crippen molar-refractivity contribution in [3.05, 3.63) is 102 Å². The number of hydrogen-bond donors (Lipinski definition) is 1. The zero-order chi connectivity index (χ0) is 15.8. The normalized spacial score (nSPS) is 12.4. The Morgan fingerprint density at radius 2 is 1.78 bits per heavy atom. The zero-order valence-corrected chi connectivity index (χ0v) is 13.9. The Bertz CT molecular complexity index is 689. The molecule has 23 heavy (non-hydrogen) atoms. The van der Waals surface area contributed by atoms with Gasteiger partial charge in [-0.3, -0.25) is 0 Å². The fraction of sp³-hybridized carbons (Fsp3) is 0.0500. The molecular formula is C20H18FeO2. The Morgan fingerprint density at radius 1 is 1.13 bits per heavy atom. The van der Waals surface area contributed by atoms with Gasteiger partial charge in [-0.1, -0.05) is 54.3 Å². The van der Waals surface area contributed by atoms with Crippen LogP contribution in [-0.4, -0.2) is 5.11 Å². The number of benzene rings is 1. The summed E-state index contributed by atoms with van der Waals surface area (Å²) in [6.07, 6.45) is 10.9. The van der Waals surface area contributed by atoms with Gasteiger partial charge in [0, 0.05) is 5.56 Å². The maximum Gasteiger partial charge on any atom is 2.00 e. The minimum Gasteiger partial charge on any atom is -0.872 e. The first-order valence-corrected chi connectivity index (χ1v) is 7.07. The van der Waals surface area contributed by atoms with Crippen molar-refractivity contribution in [3.8, 4) is 5.75 Å². The first kappa shape index (κ1) is 18.7. The van der Waals surface area contributed by atoms with Crippen LogP contribution in [0.15, 0.2) is 90.6 Å². The van der Waals surface area contributed by atoms with E-state index in [2.05, 4.69) is 0 Å². The van der Waals surface area contributed by atoms with Crippen molar-refractivity contribution in [2.24, 2.45) is 0 Å². The molecule has 1 N–H and O–H groups in total. The molecule has 0 fully saturated rings. The van der Waals surface area contributed by atoms with Crippen LogP contribution < -0.4 is 5.11 Å². The maximum absolute atomic E-state index is 11.8. The molecule has 0 aliphatic heterocycles. The van der Waals surface area contributed by atoms with Crippen LogP contribution in [0, 0.1) is 6.92 Å². The minimum atomic E-state index is -0.191. The topological polar surface area (TPSA) is 43.3 Å². The molecule has 0 radical (unpaired) electrons. The van der Waals surface area contributed by atoms with E-state index in [0.717, 1.165) is 11.1 Å². The molecular weight excluding hydrogens is 328 g/mol. The van der Waals surface area contributed by atoms with Gasteiger partial charge in [-0.05, 0) is 24.1 Å². The van der Waals surface area contributed by atoms with Gasteiger partial charge in [-0.25, -0.2) is 12.1 Å². The van der Waals surface area contributed by atoms with E-state index < -0.39 is 0 Å². The average molecular weight is 346 g/mol. The summed E-state index contributed by atoms with van der Waals surface area (Å²) in [6.45, 7) is 1.87. The van der Waals surface area contributed by atoms with Crippen molar-refractivity contribution in [3.63, 3.8) is 0 Å². The Morgan fingerprint density at radius 3 is 2.30 bits per heavy atom. The number of allylic oxidation sites excluding steroid dienone is 7. The van der Waals surface area contributed by atoms with Gasteiger partial charge in [0.1, 0.15) is 5.75 Å². The van der Waals surface area contributed by atoms with Crippen LogP contribution in [0.4, 0.5) is 0 Å². The van der Waals surface area contributed by atoms with Crippen LogP contribution in [0.1, 0.15) is 11.1 Å². The smallest absolute Gasteiger partial charge is 0.872 e. The van der Waals surface area contributed by atoms with Crippen molar-refractivity contribution in [2.45, 2.75) is 6.92 Å². The minimum absolute atomic E-state index is 0. The van der Waals surface area contributed by atoms with Gasteiger partial charge in [0.25, 0.3) is 0 Å². The monoisotopic (exact) mass is 346 g/mol. The van der Waals surface area contributed by atoms with Gasteiger partial charge in [-0.2, -0.15) is 18.2 Å². The molecule has 0 atom stereocenters. The number of rotatable bonds is 2. The fourth-order valence-corrected chi connectivity index (χ4v) is 1.93. The predicted octanol–water partition coefficient (Wildman–Crippen LogP) is 3.86.